The molecule has 6 heteroatoms. The molecule has 6 nitrogen and oxygen atoms in total. The number of H-pyrrole nitrogens is 1. The fraction of sp³-hybridized carbons (Fsp3) is 0.280. The molecule has 2 aromatic heterocycles. The molecule has 0 amide bonds. The number of aryl methyl sites for hydroxylation is 1. The smallest absolute Gasteiger partial charge is 0.310 e. The topological polar surface area (TPSA) is 73.3 Å². The number of carbonyl (C=O) groups is 2. The van der Waals surface area contributed by atoms with Gasteiger partial charge in [-0.05, 0) is 29.7 Å². The van der Waals surface area contributed by atoms with E-state index in [0.29, 0.717) is 12.8 Å². The average Bonchev–Trinajstić information content (AvgIpc) is 3.36. The van der Waals surface area contributed by atoms with E-state index in [2.05, 4.69) is 39.5 Å². The normalized spacial score (nSPS) is 10.5. The number of nitrogens with one attached hydrogen (secondary N) is 1. The van der Waals surface area contributed by atoms with Gasteiger partial charge in [-0.2, -0.15) is 0 Å². The van der Waals surface area contributed by atoms with Crippen LogP contribution in [0.25, 0.3) is 21.8 Å². The van der Waals surface area contributed by atoms with Crippen molar-refractivity contribution in [3.05, 3.63) is 72.1 Å². The third-order valence-corrected chi connectivity index (χ3v) is 5.14. The van der Waals surface area contributed by atoms with E-state index in [1.165, 1.54) is 19.7 Å². The number of aromatic amines is 1. The van der Waals surface area contributed by atoms with Crippen molar-refractivity contribution < 1.29 is 19.1 Å². The summed E-state index contributed by atoms with van der Waals surface area (Å²) in [6.07, 6.45) is 5.65. The molecule has 0 aliphatic heterocycles. The van der Waals surface area contributed by atoms with Crippen molar-refractivity contribution in [3.8, 4) is 0 Å². The third-order valence-electron chi connectivity index (χ3n) is 5.14. The van der Waals surface area contributed by atoms with Gasteiger partial charge >= 0.3 is 11.9 Å². The quantitative estimate of drug-likeness (QED) is 0.461. The molecule has 2 heterocycles. The fourth-order valence-corrected chi connectivity index (χ4v) is 3.62. The van der Waals surface area contributed by atoms with Crippen LogP contribution < -0.4 is 0 Å². The minimum absolute atomic E-state index is 0.190. The molecule has 0 bridgehead atoms. The number of benzene rings is 2. The molecule has 4 aromatic rings. The molecule has 0 saturated carbocycles. The molecular formula is C25H28N2O4. The molecular weight excluding hydrogens is 392 g/mol. The maximum Gasteiger partial charge on any atom is 0.310 e. The molecule has 0 radical (unpaired) electrons. The molecule has 0 unspecified atom stereocenters. The zero-order valence-corrected chi connectivity index (χ0v) is 18.2. The van der Waals surface area contributed by atoms with E-state index in [1.54, 1.807) is 0 Å². The van der Waals surface area contributed by atoms with Gasteiger partial charge in [-0.1, -0.05) is 43.3 Å². The Balaban J connectivity index is 0.000000179. The molecule has 0 spiro atoms. The van der Waals surface area contributed by atoms with Crippen LogP contribution in [0.5, 0.6) is 0 Å². The Morgan fingerprint density at radius 3 is 2.16 bits per heavy atom. The first-order valence-corrected chi connectivity index (χ1v) is 10.3. The van der Waals surface area contributed by atoms with Crippen LogP contribution >= 0.6 is 0 Å². The predicted octanol–water partition coefficient (Wildman–Crippen LogP) is 4.65. The van der Waals surface area contributed by atoms with E-state index < -0.39 is 0 Å². The summed E-state index contributed by atoms with van der Waals surface area (Å²) in [5.74, 6) is -0.404. The fourth-order valence-electron chi connectivity index (χ4n) is 3.62. The number of carbonyl (C=O) groups excluding carboxylic acids is 2. The van der Waals surface area contributed by atoms with E-state index in [-0.39, 0.29) is 11.9 Å². The van der Waals surface area contributed by atoms with E-state index in [0.717, 1.165) is 40.4 Å². The SMILES string of the molecule is CCCn1cc(CC(=O)OC)c2ccccc21.COC(=O)Cc1c[nH]c2ccccc12. The second-order valence-electron chi connectivity index (χ2n) is 7.23. The molecule has 0 saturated heterocycles. The molecule has 4 rings (SSSR count). The summed E-state index contributed by atoms with van der Waals surface area (Å²) in [6, 6.07) is 16.1. The highest BCUT2D eigenvalue weighted by Gasteiger charge is 2.11. The summed E-state index contributed by atoms with van der Waals surface area (Å²) >= 11 is 0. The lowest BCUT2D eigenvalue weighted by Crippen LogP contribution is -2.03. The molecule has 2 aromatic carbocycles. The van der Waals surface area contributed by atoms with E-state index in [4.69, 9.17) is 4.74 Å². The zero-order valence-electron chi connectivity index (χ0n) is 18.2. The van der Waals surface area contributed by atoms with Gasteiger partial charge in [0, 0.05) is 40.7 Å². The third kappa shape index (κ3) is 5.34. The Labute approximate surface area is 181 Å². The summed E-state index contributed by atoms with van der Waals surface area (Å²) < 4.78 is 11.5. The minimum atomic E-state index is -0.213. The highest BCUT2D eigenvalue weighted by Crippen LogP contribution is 2.22. The van der Waals surface area contributed by atoms with Gasteiger partial charge in [-0.15, -0.1) is 0 Å². The number of esters is 2. The number of methoxy groups -OCH3 is 2. The summed E-state index contributed by atoms with van der Waals surface area (Å²) in [5, 5.41) is 2.23. The first-order valence-electron chi connectivity index (χ1n) is 10.3. The number of aromatic nitrogens is 2. The lowest BCUT2D eigenvalue weighted by Gasteiger charge is -2.01. The second kappa shape index (κ2) is 10.5. The van der Waals surface area contributed by atoms with Crippen molar-refractivity contribution in [2.24, 2.45) is 0 Å². The van der Waals surface area contributed by atoms with Crippen LogP contribution in [0.2, 0.25) is 0 Å². The second-order valence-corrected chi connectivity index (χ2v) is 7.23. The monoisotopic (exact) mass is 420 g/mol. The van der Waals surface area contributed by atoms with E-state index >= 15 is 0 Å². The maximum absolute atomic E-state index is 11.4. The van der Waals surface area contributed by atoms with Crippen molar-refractivity contribution in [3.63, 3.8) is 0 Å². The van der Waals surface area contributed by atoms with Gasteiger partial charge in [0.05, 0.1) is 27.1 Å². The summed E-state index contributed by atoms with van der Waals surface area (Å²) in [4.78, 5) is 25.6. The summed E-state index contributed by atoms with van der Waals surface area (Å²) in [6.45, 7) is 3.12. The standard InChI is InChI=1S/C14H17NO2.C11H11NO2/c1-3-8-15-10-11(9-14(16)17-2)12-6-4-5-7-13(12)15;1-14-11(13)6-8-7-12-10-5-3-2-4-9(8)10/h4-7,10H,3,8-9H2,1-2H3;2-5,7,12H,6H2,1H3. The zero-order chi connectivity index (χ0) is 22.2. The molecule has 0 aliphatic carbocycles. The van der Waals surface area contributed by atoms with Gasteiger partial charge in [0.2, 0.25) is 0 Å². The van der Waals surface area contributed by atoms with Gasteiger partial charge < -0.3 is 19.0 Å². The highest BCUT2D eigenvalue weighted by atomic mass is 16.5. The first-order chi connectivity index (χ1) is 15.1. The van der Waals surface area contributed by atoms with Gasteiger partial charge in [0.15, 0.2) is 0 Å². The van der Waals surface area contributed by atoms with Gasteiger partial charge in [-0.25, -0.2) is 0 Å². The number of hydrogen-bond acceptors (Lipinski definition) is 4. The van der Waals surface area contributed by atoms with E-state index in [9.17, 15) is 9.59 Å². The Morgan fingerprint density at radius 2 is 1.48 bits per heavy atom. The van der Waals surface area contributed by atoms with Crippen molar-refractivity contribution in [2.75, 3.05) is 14.2 Å². The van der Waals surface area contributed by atoms with Crippen LogP contribution in [-0.2, 0) is 38.4 Å². The minimum Gasteiger partial charge on any atom is -0.469 e. The van der Waals surface area contributed by atoms with Crippen LogP contribution in [-0.4, -0.2) is 35.7 Å². The summed E-state index contributed by atoms with van der Waals surface area (Å²) in [7, 11) is 2.82. The van der Waals surface area contributed by atoms with E-state index in [1.807, 2.05) is 42.6 Å². The van der Waals surface area contributed by atoms with Crippen LogP contribution in [0.15, 0.2) is 60.9 Å². The molecule has 0 aliphatic rings. The number of hydrogen-bond donors (Lipinski definition) is 1. The Kier molecular flexibility index (Phi) is 7.49. The maximum atomic E-state index is 11.4. The van der Waals surface area contributed by atoms with Gasteiger partial charge in [-0.3, -0.25) is 9.59 Å². The lowest BCUT2D eigenvalue weighted by molar-refractivity contribution is -0.140. The first kappa shape index (κ1) is 22.2. The molecule has 0 atom stereocenters. The molecule has 1 N–H and O–H groups in total. The largest absolute Gasteiger partial charge is 0.469 e. The summed E-state index contributed by atoms with van der Waals surface area (Å²) in [5.41, 5.74) is 4.26. The van der Waals surface area contributed by atoms with Crippen molar-refractivity contribution in [2.45, 2.75) is 32.7 Å². The predicted molar refractivity (Wildman–Crippen MR) is 122 cm³/mol. The molecule has 31 heavy (non-hydrogen) atoms. The highest BCUT2D eigenvalue weighted by molar-refractivity contribution is 5.88. The molecule has 162 valence electrons. The van der Waals surface area contributed by atoms with Gasteiger partial charge in [0.25, 0.3) is 0 Å². The van der Waals surface area contributed by atoms with Crippen LogP contribution in [0.1, 0.15) is 24.5 Å². The van der Waals surface area contributed by atoms with Gasteiger partial charge in [0.1, 0.15) is 0 Å². The number of rotatable bonds is 6. The lowest BCUT2D eigenvalue weighted by atomic mass is 10.1. The average molecular weight is 421 g/mol. The Hall–Kier alpha value is -3.54. The molecule has 0 fully saturated rings. The van der Waals surface area contributed by atoms with Crippen molar-refractivity contribution >= 4 is 33.7 Å². The van der Waals surface area contributed by atoms with Crippen molar-refractivity contribution in [1.82, 2.24) is 9.55 Å². The van der Waals surface area contributed by atoms with Crippen LogP contribution in [0.4, 0.5) is 0 Å². The van der Waals surface area contributed by atoms with Crippen LogP contribution in [0, 0.1) is 0 Å². The van der Waals surface area contributed by atoms with Crippen molar-refractivity contribution in [1.29, 1.82) is 0 Å². The number of para-hydroxylation sites is 2. The number of nitrogens with zero attached hydrogens (tertiary/aromatic N) is 1. The van der Waals surface area contributed by atoms with Crippen LogP contribution in [0.3, 0.4) is 0 Å². The Morgan fingerprint density at radius 1 is 0.871 bits per heavy atom. The number of fused-ring (bicyclic) bond motifs is 2. The number of ether oxygens (including phenoxy) is 2. The Bertz CT molecular complexity index is 1170.